The first-order valence-corrected chi connectivity index (χ1v) is 6.10. The Hall–Kier alpha value is -1.44. The van der Waals surface area contributed by atoms with Crippen LogP contribution >= 0.6 is 15.9 Å². The number of nitrogens with one attached hydrogen (secondary N) is 1. The topological polar surface area (TPSA) is 78.0 Å². The number of rotatable bonds is 4. The van der Waals surface area contributed by atoms with Crippen molar-refractivity contribution < 1.29 is 4.74 Å². The van der Waals surface area contributed by atoms with Crippen LogP contribution < -0.4 is 16.0 Å². The van der Waals surface area contributed by atoms with E-state index in [9.17, 15) is 0 Å². The highest BCUT2D eigenvalue weighted by Crippen LogP contribution is 2.29. The van der Waals surface area contributed by atoms with E-state index in [-0.39, 0.29) is 6.04 Å². The lowest BCUT2D eigenvalue weighted by Gasteiger charge is -2.17. The molecule has 0 amide bonds. The molecule has 0 saturated heterocycles. The van der Waals surface area contributed by atoms with Crippen LogP contribution in [0.25, 0.3) is 0 Å². The fourth-order valence-corrected chi connectivity index (χ4v) is 2.33. The maximum absolute atomic E-state index is 5.62. The number of nitrogens with zero attached hydrogens (tertiary/aromatic N) is 3. The van der Waals surface area contributed by atoms with Gasteiger partial charge in [0.15, 0.2) is 0 Å². The summed E-state index contributed by atoms with van der Waals surface area (Å²) in [4.78, 5) is 0. The zero-order chi connectivity index (χ0) is 13.1. The molecule has 0 aliphatic heterocycles. The highest BCUT2D eigenvalue weighted by atomic mass is 79.9. The van der Waals surface area contributed by atoms with Crippen molar-refractivity contribution in [2.24, 2.45) is 12.9 Å². The first-order valence-electron chi connectivity index (χ1n) is 5.31. The Kier molecular flexibility index (Phi) is 3.95. The quantitative estimate of drug-likeness (QED) is 0.654. The number of methoxy groups -OCH3 is 1. The molecular weight excluding hydrogens is 298 g/mol. The second-order valence-corrected chi connectivity index (χ2v) is 4.63. The summed E-state index contributed by atoms with van der Waals surface area (Å²) in [5, 5.41) is 7.76. The van der Waals surface area contributed by atoms with Gasteiger partial charge in [-0.3, -0.25) is 10.5 Å². The van der Waals surface area contributed by atoms with E-state index >= 15 is 0 Å². The molecule has 6 nitrogen and oxygen atoms in total. The largest absolute Gasteiger partial charge is 0.496 e. The van der Waals surface area contributed by atoms with Gasteiger partial charge in [-0.05, 0) is 33.6 Å². The van der Waals surface area contributed by atoms with Gasteiger partial charge in [0, 0.05) is 7.05 Å². The van der Waals surface area contributed by atoms with Gasteiger partial charge in [-0.1, -0.05) is 11.3 Å². The minimum absolute atomic E-state index is 0.174. The fraction of sp³-hybridized carbons (Fsp3) is 0.273. The average Bonchev–Trinajstić information content (AvgIpc) is 2.77. The Bertz CT molecular complexity index is 542. The smallest absolute Gasteiger partial charge is 0.133 e. The molecule has 1 aromatic carbocycles. The van der Waals surface area contributed by atoms with Crippen LogP contribution in [0.5, 0.6) is 5.75 Å². The summed E-state index contributed by atoms with van der Waals surface area (Å²) in [6.45, 7) is 0. The Labute approximate surface area is 113 Å². The molecule has 1 heterocycles. The van der Waals surface area contributed by atoms with Crippen molar-refractivity contribution in [2.45, 2.75) is 6.04 Å². The molecule has 0 radical (unpaired) electrons. The lowest BCUT2D eigenvalue weighted by Crippen LogP contribution is -2.30. The van der Waals surface area contributed by atoms with Gasteiger partial charge in [0.25, 0.3) is 0 Å². The highest BCUT2D eigenvalue weighted by Gasteiger charge is 2.17. The number of halogens is 1. The van der Waals surface area contributed by atoms with Crippen LogP contribution in [0, 0.1) is 0 Å². The van der Waals surface area contributed by atoms with E-state index in [4.69, 9.17) is 10.6 Å². The third-order valence-corrected chi connectivity index (χ3v) is 3.34. The number of nitrogens with two attached hydrogens (primary N) is 1. The molecule has 18 heavy (non-hydrogen) atoms. The highest BCUT2D eigenvalue weighted by molar-refractivity contribution is 9.10. The standard InChI is InChI=1S/C11H14BrN5O/c1-17-9(6-14-16-17)11(15-13)7-3-4-10(18-2)8(12)5-7/h3-6,11,15H,13H2,1-2H3. The molecule has 96 valence electrons. The predicted molar refractivity (Wildman–Crippen MR) is 70.9 cm³/mol. The number of hydrogen-bond donors (Lipinski definition) is 2. The first-order chi connectivity index (χ1) is 8.67. The maximum atomic E-state index is 5.62. The van der Waals surface area contributed by atoms with Gasteiger partial charge in [0.2, 0.25) is 0 Å². The summed E-state index contributed by atoms with van der Waals surface area (Å²) < 4.78 is 7.76. The maximum Gasteiger partial charge on any atom is 0.133 e. The number of ether oxygens (including phenoxy) is 1. The van der Waals surface area contributed by atoms with Crippen LogP contribution in [0.15, 0.2) is 28.9 Å². The van der Waals surface area contributed by atoms with Crippen molar-refractivity contribution in [1.82, 2.24) is 20.4 Å². The summed E-state index contributed by atoms with van der Waals surface area (Å²) in [6.07, 6.45) is 1.68. The van der Waals surface area contributed by atoms with Gasteiger partial charge < -0.3 is 4.74 Å². The van der Waals surface area contributed by atoms with E-state index in [1.165, 1.54) is 0 Å². The number of aromatic nitrogens is 3. The van der Waals surface area contributed by atoms with E-state index < -0.39 is 0 Å². The molecular formula is C11H14BrN5O. The molecule has 0 spiro atoms. The van der Waals surface area contributed by atoms with Crippen molar-refractivity contribution >= 4 is 15.9 Å². The van der Waals surface area contributed by atoms with E-state index in [1.54, 1.807) is 18.0 Å². The fourth-order valence-electron chi connectivity index (χ4n) is 1.77. The van der Waals surface area contributed by atoms with Gasteiger partial charge >= 0.3 is 0 Å². The molecule has 1 aromatic heterocycles. The van der Waals surface area contributed by atoms with Crippen molar-refractivity contribution in [1.29, 1.82) is 0 Å². The lowest BCUT2D eigenvalue weighted by molar-refractivity contribution is 0.411. The van der Waals surface area contributed by atoms with Crippen LogP contribution in [-0.2, 0) is 7.05 Å². The van der Waals surface area contributed by atoms with E-state index in [0.717, 1.165) is 21.5 Å². The van der Waals surface area contributed by atoms with Crippen molar-refractivity contribution in [3.8, 4) is 5.75 Å². The molecule has 0 aliphatic carbocycles. The Morgan fingerprint density at radius 3 is 2.78 bits per heavy atom. The molecule has 2 aromatic rings. The van der Waals surface area contributed by atoms with Crippen LogP contribution in [0.1, 0.15) is 17.3 Å². The molecule has 2 rings (SSSR count). The molecule has 0 fully saturated rings. The Morgan fingerprint density at radius 2 is 2.28 bits per heavy atom. The summed E-state index contributed by atoms with van der Waals surface area (Å²) in [6, 6.07) is 5.61. The summed E-state index contributed by atoms with van der Waals surface area (Å²) in [5.41, 5.74) is 4.64. The van der Waals surface area contributed by atoms with Gasteiger partial charge in [0.05, 0.1) is 29.5 Å². The van der Waals surface area contributed by atoms with Crippen LogP contribution in [-0.4, -0.2) is 22.1 Å². The minimum atomic E-state index is -0.174. The lowest BCUT2D eigenvalue weighted by atomic mass is 10.0. The number of benzene rings is 1. The predicted octanol–water partition coefficient (Wildman–Crippen LogP) is 1.14. The third kappa shape index (κ3) is 2.38. The van der Waals surface area contributed by atoms with Gasteiger partial charge in [-0.25, -0.2) is 5.43 Å². The minimum Gasteiger partial charge on any atom is -0.496 e. The number of hydrazine groups is 1. The second-order valence-electron chi connectivity index (χ2n) is 3.78. The SMILES string of the molecule is COc1ccc(C(NN)c2cnnn2C)cc1Br. The van der Waals surface area contributed by atoms with Gasteiger partial charge in [0.1, 0.15) is 5.75 Å². The van der Waals surface area contributed by atoms with Crippen LogP contribution in [0.4, 0.5) is 0 Å². The van der Waals surface area contributed by atoms with Crippen molar-refractivity contribution in [3.63, 3.8) is 0 Å². The monoisotopic (exact) mass is 311 g/mol. The summed E-state index contributed by atoms with van der Waals surface area (Å²) >= 11 is 3.45. The van der Waals surface area contributed by atoms with Gasteiger partial charge in [-0.15, -0.1) is 5.10 Å². The first kappa shape index (κ1) is 13.0. The molecule has 0 saturated carbocycles. The average molecular weight is 312 g/mol. The number of hydrogen-bond acceptors (Lipinski definition) is 5. The molecule has 0 aliphatic rings. The molecule has 0 bridgehead atoms. The molecule has 1 unspecified atom stereocenters. The van der Waals surface area contributed by atoms with E-state index in [0.29, 0.717) is 0 Å². The Balaban J connectivity index is 2.40. The molecule has 3 N–H and O–H groups in total. The normalized spacial score (nSPS) is 12.4. The molecule has 7 heteroatoms. The van der Waals surface area contributed by atoms with Crippen molar-refractivity contribution in [2.75, 3.05) is 7.11 Å². The van der Waals surface area contributed by atoms with Crippen LogP contribution in [0.2, 0.25) is 0 Å². The van der Waals surface area contributed by atoms with E-state index in [1.807, 2.05) is 25.2 Å². The summed E-state index contributed by atoms with van der Waals surface area (Å²) in [5.74, 6) is 6.40. The van der Waals surface area contributed by atoms with Crippen molar-refractivity contribution in [3.05, 3.63) is 40.1 Å². The summed E-state index contributed by atoms with van der Waals surface area (Å²) in [7, 11) is 3.45. The second kappa shape index (κ2) is 5.47. The zero-order valence-corrected chi connectivity index (χ0v) is 11.7. The van der Waals surface area contributed by atoms with E-state index in [2.05, 4.69) is 31.7 Å². The zero-order valence-electron chi connectivity index (χ0n) is 10.1. The Morgan fingerprint density at radius 1 is 1.50 bits per heavy atom. The van der Waals surface area contributed by atoms with Gasteiger partial charge in [-0.2, -0.15) is 0 Å². The van der Waals surface area contributed by atoms with Crippen LogP contribution in [0.3, 0.4) is 0 Å². The molecule has 1 atom stereocenters. The number of aryl methyl sites for hydroxylation is 1. The third-order valence-electron chi connectivity index (χ3n) is 2.72.